The van der Waals surface area contributed by atoms with Gasteiger partial charge in [-0.3, -0.25) is 9.59 Å². The van der Waals surface area contributed by atoms with Gasteiger partial charge < -0.3 is 15.5 Å². The lowest BCUT2D eigenvalue weighted by atomic mass is 10.00. The van der Waals surface area contributed by atoms with Gasteiger partial charge in [0.15, 0.2) is 0 Å². The van der Waals surface area contributed by atoms with Crippen LogP contribution in [-0.2, 0) is 22.6 Å². The molecule has 5 nitrogen and oxygen atoms in total. The highest BCUT2D eigenvalue weighted by Gasteiger charge is 2.20. The number of halogens is 1. The highest BCUT2D eigenvalue weighted by atomic mass is 35.5. The molecule has 1 aliphatic heterocycles. The second-order valence-electron chi connectivity index (χ2n) is 4.96. The van der Waals surface area contributed by atoms with Crippen LogP contribution in [0.5, 0.6) is 0 Å². The Kier molecular flexibility index (Phi) is 7.19. The number of amides is 2. The minimum atomic E-state index is -0.0925. The maximum atomic E-state index is 12.1. The van der Waals surface area contributed by atoms with Crippen LogP contribution in [0, 0.1) is 0 Å². The predicted octanol–water partition coefficient (Wildman–Crippen LogP) is 0.719. The minimum Gasteiger partial charge on any atom is -0.347 e. The molecule has 1 aromatic rings. The van der Waals surface area contributed by atoms with E-state index in [1.807, 2.05) is 12.1 Å². The first-order valence-corrected chi connectivity index (χ1v) is 6.96. The van der Waals surface area contributed by atoms with Gasteiger partial charge in [-0.25, -0.2) is 0 Å². The van der Waals surface area contributed by atoms with Gasteiger partial charge >= 0.3 is 0 Å². The molecular weight excluding hydrogens is 290 g/mol. The number of rotatable bonds is 5. The molecule has 0 radical (unpaired) electrons. The Morgan fingerprint density at radius 2 is 1.95 bits per heavy atom. The van der Waals surface area contributed by atoms with Crippen LogP contribution in [0.2, 0.25) is 0 Å². The van der Waals surface area contributed by atoms with Crippen LogP contribution in [0.15, 0.2) is 24.3 Å². The summed E-state index contributed by atoms with van der Waals surface area (Å²) in [5.74, 6) is -0.109. The number of carbonyl (C=O) groups excluding carboxylic acids is 2. The van der Waals surface area contributed by atoms with Crippen molar-refractivity contribution in [1.82, 2.24) is 15.5 Å². The summed E-state index contributed by atoms with van der Waals surface area (Å²) in [5.41, 5.74) is 2.52. The first-order valence-electron chi connectivity index (χ1n) is 6.96. The Balaban J connectivity index is 0.00000220. The van der Waals surface area contributed by atoms with Gasteiger partial charge in [0.1, 0.15) is 0 Å². The van der Waals surface area contributed by atoms with Gasteiger partial charge in [0, 0.05) is 26.1 Å². The van der Waals surface area contributed by atoms with Gasteiger partial charge in [0.25, 0.3) is 0 Å². The maximum absolute atomic E-state index is 12.1. The molecule has 0 fully saturated rings. The molecule has 1 heterocycles. The lowest BCUT2D eigenvalue weighted by Crippen LogP contribution is -2.42. The molecule has 1 aliphatic rings. The third-order valence-corrected chi connectivity index (χ3v) is 3.52. The van der Waals surface area contributed by atoms with Crippen molar-refractivity contribution in [2.24, 2.45) is 0 Å². The number of benzene rings is 1. The van der Waals surface area contributed by atoms with E-state index in [4.69, 9.17) is 0 Å². The molecule has 0 unspecified atom stereocenters. The van der Waals surface area contributed by atoms with E-state index in [0.29, 0.717) is 19.5 Å². The van der Waals surface area contributed by atoms with Crippen LogP contribution >= 0.6 is 12.4 Å². The lowest BCUT2D eigenvalue weighted by molar-refractivity contribution is -0.133. The number of fused-ring (bicyclic) bond motifs is 1. The first kappa shape index (κ1) is 17.5. The normalized spacial score (nSPS) is 13.1. The Morgan fingerprint density at radius 1 is 1.24 bits per heavy atom. The van der Waals surface area contributed by atoms with Crippen LogP contribution in [0.25, 0.3) is 0 Å². The molecule has 2 N–H and O–H groups in total. The third-order valence-electron chi connectivity index (χ3n) is 3.52. The van der Waals surface area contributed by atoms with E-state index in [0.717, 1.165) is 13.0 Å². The standard InChI is InChI=1S/C15H21N3O2.ClH/c1-16-8-6-14(19)17-10-15(20)18-9-7-12-4-2-3-5-13(12)11-18;/h2-5,16H,6-11H2,1H3,(H,17,19);1H. The molecule has 0 bridgehead atoms. The van der Waals surface area contributed by atoms with Gasteiger partial charge in [-0.2, -0.15) is 0 Å². The quantitative estimate of drug-likeness (QED) is 0.842. The molecule has 0 spiro atoms. The highest BCUT2D eigenvalue weighted by Crippen LogP contribution is 2.18. The molecule has 2 amide bonds. The van der Waals surface area contributed by atoms with E-state index >= 15 is 0 Å². The van der Waals surface area contributed by atoms with Gasteiger partial charge in [0.05, 0.1) is 6.54 Å². The van der Waals surface area contributed by atoms with Crippen LogP contribution in [0.1, 0.15) is 17.5 Å². The number of nitrogens with zero attached hydrogens (tertiary/aromatic N) is 1. The van der Waals surface area contributed by atoms with E-state index in [-0.39, 0.29) is 30.8 Å². The molecule has 1 aromatic carbocycles. The summed E-state index contributed by atoms with van der Waals surface area (Å²) in [6.45, 7) is 2.07. The van der Waals surface area contributed by atoms with E-state index in [9.17, 15) is 9.59 Å². The van der Waals surface area contributed by atoms with Crippen molar-refractivity contribution in [1.29, 1.82) is 0 Å². The largest absolute Gasteiger partial charge is 0.347 e. The van der Waals surface area contributed by atoms with E-state index in [1.165, 1.54) is 11.1 Å². The Labute approximate surface area is 131 Å². The zero-order chi connectivity index (χ0) is 14.4. The summed E-state index contributed by atoms with van der Waals surface area (Å²) in [5, 5.41) is 5.57. The summed E-state index contributed by atoms with van der Waals surface area (Å²) in [6, 6.07) is 8.18. The Bertz CT molecular complexity index is 494. The average Bonchev–Trinajstić information content (AvgIpc) is 2.50. The number of nitrogens with one attached hydrogen (secondary N) is 2. The van der Waals surface area contributed by atoms with Crippen LogP contribution in [0.4, 0.5) is 0 Å². The molecule has 116 valence electrons. The van der Waals surface area contributed by atoms with Gasteiger partial charge in [-0.05, 0) is 24.6 Å². The molecular formula is C15H22ClN3O2. The van der Waals surface area contributed by atoms with Crippen LogP contribution in [-0.4, -0.2) is 43.4 Å². The molecule has 0 saturated carbocycles. The fourth-order valence-corrected chi connectivity index (χ4v) is 2.32. The van der Waals surface area contributed by atoms with Crippen LogP contribution in [0.3, 0.4) is 0 Å². The maximum Gasteiger partial charge on any atom is 0.242 e. The van der Waals surface area contributed by atoms with Crippen molar-refractivity contribution in [2.45, 2.75) is 19.4 Å². The van der Waals surface area contributed by atoms with E-state index in [1.54, 1.807) is 11.9 Å². The molecule has 0 aliphatic carbocycles. The Hall–Kier alpha value is -1.59. The zero-order valence-electron chi connectivity index (χ0n) is 12.2. The summed E-state index contributed by atoms with van der Waals surface area (Å²) in [4.78, 5) is 25.4. The fraction of sp³-hybridized carbons (Fsp3) is 0.467. The number of hydrogen-bond donors (Lipinski definition) is 2. The molecule has 0 saturated heterocycles. The smallest absolute Gasteiger partial charge is 0.242 e. The summed E-state index contributed by atoms with van der Waals surface area (Å²) < 4.78 is 0. The molecule has 2 rings (SSSR count). The lowest BCUT2D eigenvalue weighted by Gasteiger charge is -2.29. The predicted molar refractivity (Wildman–Crippen MR) is 84.4 cm³/mol. The van der Waals surface area contributed by atoms with E-state index < -0.39 is 0 Å². The summed E-state index contributed by atoms with van der Waals surface area (Å²) in [6.07, 6.45) is 1.28. The first-order chi connectivity index (χ1) is 9.70. The number of carbonyl (C=O) groups is 2. The molecule has 0 atom stereocenters. The minimum absolute atomic E-state index is 0. The van der Waals surface area contributed by atoms with Crippen molar-refractivity contribution in [3.8, 4) is 0 Å². The highest BCUT2D eigenvalue weighted by molar-refractivity contribution is 5.85. The van der Waals surface area contributed by atoms with Crippen molar-refractivity contribution in [3.63, 3.8) is 0 Å². The molecule has 21 heavy (non-hydrogen) atoms. The second-order valence-corrected chi connectivity index (χ2v) is 4.96. The summed E-state index contributed by atoms with van der Waals surface area (Å²) in [7, 11) is 1.80. The number of hydrogen-bond acceptors (Lipinski definition) is 3. The summed E-state index contributed by atoms with van der Waals surface area (Å²) >= 11 is 0. The molecule has 0 aromatic heterocycles. The third kappa shape index (κ3) is 5.02. The van der Waals surface area contributed by atoms with E-state index in [2.05, 4.69) is 22.8 Å². The van der Waals surface area contributed by atoms with Crippen molar-refractivity contribution < 1.29 is 9.59 Å². The topological polar surface area (TPSA) is 61.4 Å². The van der Waals surface area contributed by atoms with Crippen molar-refractivity contribution in [3.05, 3.63) is 35.4 Å². The van der Waals surface area contributed by atoms with Crippen molar-refractivity contribution in [2.75, 3.05) is 26.7 Å². The average molecular weight is 312 g/mol. The van der Waals surface area contributed by atoms with Gasteiger partial charge in [-0.1, -0.05) is 24.3 Å². The van der Waals surface area contributed by atoms with Gasteiger partial charge in [-0.15, -0.1) is 12.4 Å². The second kappa shape index (κ2) is 8.64. The fourth-order valence-electron chi connectivity index (χ4n) is 2.32. The van der Waals surface area contributed by atoms with Crippen molar-refractivity contribution >= 4 is 24.2 Å². The van der Waals surface area contributed by atoms with Crippen LogP contribution < -0.4 is 10.6 Å². The monoisotopic (exact) mass is 311 g/mol. The molecule has 6 heteroatoms. The zero-order valence-corrected chi connectivity index (χ0v) is 13.0. The SMILES string of the molecule is CNCCC(=O)NCC(=O)N1CCc2ccccc2C1.Cl. The van der Waals surface area contributed by atoms with Gasteiger partial charge in [0.2, 0.25) is 11.8 Å². The Morgan fingerprint density at radius 3 is 2.67 bits per heavy atom.